The quantitative estimate of drug-likeness (QED) is 0.352. The van der Waals surface area contributed by atoms with Crippen molar-refractivity contribution < 1.29 is 17.9 Å². The van der Waals surface area contributed by atoms with Gasteiger partial charge in [-0.2, -0.15) is 9.82 Å². The van der Waals surface area contributed by atoms with E-state index >= 15 is 0 Å². The zero-order valence-electron chi connectivity index (χ0n) is 20.1. The van der Waals surface area contributed by atoms with Crippen LogP contribution in [0, 0.1) is 6.92 Å². The lowest BCUT2D eigenvalue weighted by molar-refractivity contribution is 0.340. The van der Waals surface area contributed by atoms with Gasteiger partial charge in [-0.3, -0.25) is 0 Å². The van der Waals surface area contributed by atoms with Gasteiger partial charge in [-0.15, -0.1) is 0 Å². The molecule has 0 bridgehead atoms. The molecule has 0 fully saturated rings. The van der Waals surface area contributed by atoms with Gasteiger partial charge in [-0.25, -0.2) is 8.42 Å². The molecule has 2 N–H and O–H groups in total. The van der Waals surface area contributed by atoms with E-state index in [-0.39, 0.29) is 16.7 Å². The Kier molecular flexibility index (Phi) is 8.10. The Morgan fingerprint density at radius 1 is 1.11 bits per heavy atom. The summed E-state index contributed by atoms with van der Waals surface area (Å²) in [7, 11) is -2.59. The maximum Gasteiger partial charge on any atom is 0.245 e. The summed E-state index contributed by atoms with van der Waals surface area (Å²) in [4.78, 5) is 0.0368. The Balaban J connectivity index is 1.67. The first-order valence-electron chi connectivity index (χ1n) is 11.4. The third-order valence-electron chi connectivity index (χ3n) is 5.86. The number of halogens is 2. The summed E-state index contributed by atoms with van der Waals surface area (Å²) in [6.07, 6.45) is 0.463. The summed E-state index contributed by atoms with van der Waals surface area (Å²) >= 11 is 12.6. The van der Waals surface area contributed by atoms with E-state index < -0.39 is 16.1 Å². The van der Waals surface area contributed by atoms with Gasteiger partial charge in [0.15, 0.2) is 0 Å². The second kappa shape index (κ2) is 11.1. The average molecular weight is 548 g/mol. The van der Waals surface area contributed by atoms with E-state index in [0.29, 0.717) is 34.3 Å². The third kappa shape index (κ3) is 5.78. The van der Waals surface area contributed by atoms with Gasteiger partial charge in [0.2, 0.25) is 10.0 Å². The van der Waals surface area contributed by atoms with Gasteiger partial charge in [-0.05, 0) is 66.9 Å². The van der Waals surface area contributed by atoms with Gasteiger partial charge >= 0.3 is 0 Å². The van der Waals surface area contributed by atoms with Crippen LogP contribution in [0.25, 0.3) is 0 Å². The molecule has 0 radical (unpaired) electrons. The van der Waals surface area contributed by atoms with E-state index in [0.717, 1.165) is 16.9 Å². The summed E-state index contributed by atoms with van der Waals surface area (Å²) < 4.78 is 40.8. The Morgan fingerprint density at radius 3 is 2.53 bits per heavy atom. The molecule has 7 nitrogen and oxygen atoms in total. The number of nitrogens with one attached hydrogen (secondary N) is 2. The Bertz CT molecular complexity index is 1380. The SMILES string of the molecule is CCOc1ccc(C2CC(C(NS(=O)(=O)c3cc(C)ccc3OC)c3ccc(Cl)cc3Cl)=NN2)cc1. The van der Waals surface area contributed by atoms with Gasteiger partial charge in [0.05, 0.1) is 31.5 Å². The molecule has 0 aliphatic carbocycles. The van der Waals surface area contributed by atoms with E-state index in [2.05, 4.69) is 15.2 Å². The summed E-state index contributed by atoms with van der Waals surface area (Å²) in [6.45, 7) is 4.34. The van der Waals surface area contributed by atoms with Crippen LogP contribution in [0.1, 0.15) is 42.1 Å². The number of ether oxygens (including phenoxy) is 2. The topological polar surface area (TPSA) is 89.0 Å². The van der Waals surface area contributed by atoms with Crippen LogP contribution in [0.3, 0.4) is 0 Å². The minimum atomic E-state index is -4.02. The second-order valence-electron chi connectivity index (χ2n) is 8.37. The Labute approximate surface area is 221 Å². The van der Waals surface area contributed by atoms with E-state index in [4.69, 9.17) is 32.7 Å². The van der Waals surface area contributed by atoms with Gasteiger partial charge in [-0.1, -0.05) is 47.5 Å². The van der Waals surface area contributed by atoms with Gasteiger partial charge in [0.1, 0.15) is 16.4 Å². The highest BCUT2D eigenvalue weighted by Gasteiger charge is 2.33. The molecule has 1 heterocycles. The predicted molar refractivity (Wildman–Crippen MR) is 143 cm³/mol. The molecule has 4 rings (SSSR count). The van der Waals surface area contributed by atoms with Crippen molar-refractivity contribution >= 4 is 38.9 Å². The maximum atomic E-state index is 13.6. The molecule has 2 atom stereocenters. The third-order valence-corrected chi connectivity index (χ3v) is 7.87. The lowest BCUT2D eigenvalue weighted by Gasteiger charge is -2.22. The molecule has 3 aromatic carbocycles. The van der Waals surface area contributed by atoms with Crippen molar-refractivity contribution in [2.24, 2.45) is 5.10 Å². The molecular formula is C26H27Cl2N3O4S. The van der Waals surface area contributed by atoms with Crippen LogP contribution in [-0.2, 0) is 10.0 Å². The Morgan fingerprint density at radius 2 is 1.86 bits per heavy atom. The molecular weight excluding hydrogens is 521 g/mol. The fourth-order valence-electron chi connectivity index (χ4n) is 4.06. The molecule has 190 valence electrons. The van der Waals surface area contributed by atoms with Crippen LogP contribution in [0.15, 0.2) is 70.7 Å². The normalized spacial score (nSPS) is 16.2. The average Bonchev–Trinajstić information content (AvgIpc) is 3.34. The molecule has 36 heavy (non-hydrogen) atoms. The highest BCUT2D eigenvalue weighted by molar-refractivity contribution is 7.89. The van der Waals surface area contributed by atoms with Crippen LogP contribution in [0.4, 0.5) is 0 Å². The number of hydrogen-bond donors (Lipinski definition) is 2. The fourth-order valence-corrected chi connectivity index (χ4v) is 6.03. The largest absolute Gasteiger partial charge is 0.495 e. The molecule has 1 aliphatic heterocycles. The highest BCUT2D eigenvalue weighted by Crippen LogP contribution is 2.35. The van der Waals surface area contributed by atoms with Crippen LogP contribution in [0.5, 0.6) is 11.5 Å². The number of nitrogens with zero attached hydrogens (tertiary/aromatic N) is 1. The minimum absolute atomic E-state index is 0.0368. The van der Waals surface area contributed by atoms with Crippen LogP contribution in [-0.4, -0.2) is 27.8 Å². The van der Waals surface area contributed by atoms with Crippen LogP contribution < -0.4 is 19.6 Å². The molecule has 3 aromatic rings. The van der Waals surface area contributed by atoms with Crippen molar-refractivity contribution in [3.63, 3.8) is 0 Å². The molecule has 0 amide bonds. The smallest absolute Gasteiger partial charge is 0.245 e. The summed E-state index contributed by atoms with van der Waals surface area (Å²) in [6, 6.07) is 16.7. The van der Waals surface area contributed by atoms with Crippen molar-refractivity contribution in [1.82, 2.24) is 10.1 Å². The number of hydrazone groups is 1. The fraction of sp³-hybridized carbons (Fsp3) is 0.269. The van der Waals surface area contributed by atoms with E-state index in [9.17, 15) is 8.42 Å². The monoisotopic (exact) mass is 547 g/mol. The van der Waals surface area contributed by atoms with Crippen molar-refractivity contribution in [3.8, 4) is 11.5 Å². The maximum absolute atomic E-state index is 13.6. The number of benzene rings is 3. The van der Waals surface area contributed by atoms with Crippen molar-refractivity contribution in [1.29, 1.82) is 0 Å². The number of rotatable bonds is 9. The molecule has 0 saturated carbocycles. The zero-order chi connectivity index (χ0) is 25.9. The number of aryl methyl sites for hydroxylation is 1. The standard InChI is InChI=1S/C26H27Cl2N3O4S/c1-4-35-19-9-6-17(7-10-19)22-15-23(30-29-22)26(20-11-8-18(27)14-21(20)28)31-36(32,33)25-13-16(2)5-12-24(25)34-3/h5-14,22,26,29,31H,4,15H2,1-3H3. The predicted octanol–water partition coefficient (Wildman–Crippen LogP) is 5.82. The number of hydrogen-bond acceptors (Lipinski definition) is 6. The first-order valence-corrected chi connectivity index (χ1v) is 13.6. The highest BCUT2D eigenvalue weighted by atomic mass is 35.5. The second-order valence-corrected chi connectivity index (χ2v) is 10.9. The molecule has 0 spiro atoms. The van der Waals surface area contributed by atoms with E-state index in [1.807, 2.05) is 38.1 Å². The van der Waals surface area contributed by atoms with Gasteiger partial charge in [0, 0.05) is 16.5 Å². The van der Waals surface area contributed by atoms with E-state index in [1.54, 1.807) is 36.4 Å². The number of methoxy groups -OCH3 is 1. The summed E-state index contributed by atoms with van der Waals surface area (Å²) in [5.41, 5.74) is 6.05. The first kappa shape index (κ1) is 26.3. The lowest BCUT2D eigenvalue weighted by Crippen LogP contribution is -2.34. The number of sulfonamides is 1. The zero-order valence-corrected chi connectivity index (χ0v) is 22.4. The van der Waals surface area contributed by atoms with Gasteiger partial charge in [0.25, 0.3) is 0 Å². The molecule has 10 heteroatoms. The lowest BCUT2D eigenvalue weighted by atomic mass is 9.96. The van der Waals surface area contributed by atoms with Gasteiger partial charge < -0.3 is 14.9 Å². The van der Waals surface area contributed by atoms with Crippen LogP contribution in [0.2, 0.25) is 10.0 Å². The van der Waals surface area contributed by atoms with Crippen molar-refractivity contribution in [2.45, 2.75) is 37.2 Å². The summed E-state index contributed by atoms with van der Waals surface area (Å²) in [5.74, 6) is 1.03. The summed E-state index contributed by atoms with van der Waals surface area (Å²) in [5, 5.41) is 5.30. The van der Waals surface area contributed by atoms with Crippen molar-refractivity contribution in [2.75, 3.05) is 13.7 Å². The van der Waals surface area contributed by atoms with E-state index in [1.165, 1.54) is 7.11 Å². The molecule has 1 aliphatic rings. The molecule has 0 saturated heterocycles. The molecule has 0 aromatic heterocycles. The van der Waals surface area contributed by atoms with Crippen LogP contribution >= 0.6 is 23.2 Å². The Hall–Kier alpha value is -2.78. The molecule has 2 unspecified atom stereocenters. The minimum Gasteiger partial charge on any atom is -0.495 e. The van der Waals surface area contributed by atoms with Crippen molar-refractivity contribution in [3.05, 3.63) is 87.4 Å². The first-order chi connectivity index (χ1) is 17.2.